The summed E-state index contributed by atoms with van der Waals surface area (Å²) in [5, 5.41) is 2.03. The van der Waals surface area contributed by atoms with Gasteiger partial charge in [-0.1, -0.05) is 24.3 Å². The normalized spacial score (nSPS) is 21.1. The summed E-state index contributed by atoms with van der Waals surface area (Å²) in [4.78, 5) is 45.1. The van der Waals surface area contributed by atoms with Crippen LogP contribution in [0.2, 0.25) is 0 Å². The third-order valence-electron chi connectivity index (χ3n) is 6.79. The van der Waals surface area contributed by atoms with Crippen LogP contribution in [0.4, 0.5) is 15.8 Å². The Hall–Kier alpha value is -3.07. The zero-order chi connectivity index (χ0) is 23.7. The van der Waals surface area contributed by atoms with E-state index >= 15 is 0 Å². The molecule has 2 aromatic rings. The van der Waals surface area contributed by atoms with Crippen LogP contribution in [0.25, 0.3) is 0 Å². The Balaban J connectivity index is 1.13. The van der Waals surface area contributed by atoms with Gasteiger partial charge in [-0.3, -0.25) is 14.4 Å². The number of carbonyl (C=O) groups excluding carboxylic acids is 3. The zero-order valence-electron chi connectivity index (χ0n) is 18.8. The van der Waals surface area contributed by atoms with Gasteiger partial charge in [0.2, 0.25) is 17.7 Å². The highest BCUT2D eigenvalue weighted by Crippen LogP contribution is 2.36. The van der Waals surface area contributed by atoms with E-state index in [2.05, 4.69) is 5.32 Å². The number of likely N-dealkylation sites (tertiary alicyclic amines) is 1. The molecule has 9 heteroatoms. The van der Waals surface area contributed by atoms with Crippen molar-refractivity contribution in [3.05, 3.63) is 54.3 Å². The molecule has 3 heterocycles. The summed E-state index contributed by atoms with van der Waals surface area (Å²) in [6, 6.07) is 14.2. The number of piperidine rings is 1. The number of anilines is 2. The Kier molecular flexibility index (Phi) is 6.45. The molecule has 1 N–H and O–H groups in total. The van der Waals surface area contributed by atoms with Crippen LogP contribution in [0.15, 0.2) is 53.4 Å². The van der Waals surface area contributed by atoms with Crippen molar-refractivity contribution >= 4 is 40.9 Å². The maximum absolute atomic E-state index is 14.1. The van der Waals surface area contributed by atoms with Gasteiger partial charge >= 0.3 is 0 Å². The van der Waals surface area contributed by atoms with Gasteiger partial charge in [-0.25, -0.2) is 4.39 Å². The number of piperazine rings is 1. The third kappa shape index (κ3) is 4.49. The molecule has 1 atom stereocenters. The lowest BCUT2D eigenvalue weighted by molar-refractivity contribution is -0.141. The van der Waals surface area contributed by atoms with E-state index in [9.17, 15) is 18.8 Å². The lowest BCUT2D eigenvalue weighted by Crippen LogP contribution is -2.53. The molecule has 7 nitrogen and oxygen atoms in total. The predicted molar refractivity (Wildman–Crippen MR) is 129 cm³/mol. The van der Waals surface area contributed by atoms with E-state index in [1.165, 1.54) is 17.8 Å². The van der Waals surface area contributed by atoms with Crippen LogP contribution < -0.4 is 10.2 Å². The SMILES string of the molecule is O=C1Nc2ccccc2SC1C(=O)N1CCC(C(=O)N2CCN(c3ccccc3F)CC2)CC1. The topological polar surface area (TPSA) is 73.0 Å². The second-order valence-electron chi connectivity index (χ2n) is 8.85. The summed E-state index contributed by atoms with van der Waals surface area (Å²) in [7, 11) is 0. The molecule has 2 saturated heterocycles. The highest BCUT2D eigenvalue weighted by molar-refractivity contribution is 8.01. The summed E-state index contributed by atoms with van der Waals surface area (Å²) >= 11 is 1.29. The standard InChI is InChI=1S/C25H27FN4O3S/c26-18-5-1-3-7-20(18)28-13-15-30(16-14-28)24(32)17-9-11-29(12-10-17)25(33)22-23(31)27-19-6-2-4-8-21(19)34-22/h1-8,17,22H,9-16H2,(H,27,31). The molecule has 5 rings (SSSR count). The molecule has 0 aromatic heterocycles. The van der Waals surface area contributed by atoms with Gasteiger partial charge in [0.15, 0.2) is 5.25 Å². The Labute approximate surface area is 202 Å². The largest absolute Gasteiger partial charge is 0.366 e. The predicted octanol–water partition coefficient (Wildman–Crippen LogP) is 2.83. The minimum atomic E-state index is -0.798. The van der Waals surface area contributed by atoms with Crippen molar-refractivity contribution in [1.82, 2.24) is 9.80 Å². The number of nitrogens with one attached hydrogen (secondary N) is 1. The fraction of sp³-hybridized carbons (Fsp3) is 0.400. The molecule has 0 spiro atoms. The lowest BCUT2D eigenvalue weighted by Gasteiger charge is -2.39. The zero-order valence-corrected chi connectivity index (χ0v) is 19.6. The van der Waals surface area contributed by atoms with Gasteiger partial charge in [0.25, 0.3) is 0 Å². The number of hydrogen-bond acceptors (Lipinski definition) is 5. The van der Waals surface area contributed by atoms with Crippen LogP contribution in [0.3, 0.4) is 0 Å². The minimum absolute atomic E-state index is 0.110. The maximum atomic E-state index is 14.1. The van der Waals surface area contributed by atoms with E-state index in [0.29, 0.717) is 57.8 Å². The van der Waals surface area contributed by atoms with Gasteiger partial charge in [0.05, 0.1) is 11.4 Å². The van der Waals surface area contributed by atoms with Gasteiger partial charge < -0.3 is 20.0 Å². The van der Waals surface area contributed by atoms with E-state index < -0.39 is 5.25 Å². The summed E-state index contributed by atoms with van der Waals surface area (Å²) in [5.41, 5.74) is 1.31. The second kappa shape index (κ2) is 9.66. The van der Waals surface area contributed by atoms with E-state index in [4.69, 9.17) is 0 Å². The molecule has 1 unspecified atom stereocenters. The van der Waals surface area contributed by atoms with E-state index in [1.54, 1.807) is 17.0 Å². The number of hydrogen-bond donors (Lipinski definition) is 1. The van der Waals surface area contributed by atoms with Crippen molar-refractivity contribution in [2.24, 2.45) is 5.92 Å². The number of amides is 3. The lowest BCUT2D eigenvalue weighted by atomic mass is 9.94. The maximum Gasteiger partial charge on any atom is 0.247 e. The third-order valence-corrected chi connectivity index (χ3v) is 8.05. The quantitative estimate of drug-likeness (QED) is 0.682. The summed E-state index contributed by atoms with van der Waals surface area (Å²) in [5.74, 6) is -0.745. The molecule has 3 amide bonds. The molecular weight excluding hydrogens is 455 g/mol. The van der Waals surface area contributed by atoms with Gasteiger partial charge in [0, 0.05) is 50.1 Å². The van der Waals surface area contributed by atoms with Crippen LogP contribution in [0, 0.1) is 11.7 Å². The molecule has 0 saturated carbocycles. The number of benzene rings is 2. The average Bonchev–Trinajstić information content (AvgIpc) is 2.88. The Morgan fingerprint density at radius 1 is 0.853 bits per heavy atom. The fourth-order valence-electron chi connectivity index (χ4n) is 4.86. The van der Waals surface area contributed by atoms with Crippen molar-refractivity contribution in [3.8, 4) is 0 Å². The Bertz CT molecular complexity index is 1100. The summed E-state index contributed by atoms with van der Waals surface area (Å²) in [6.45, 7) is 3.25. The van der Waals surface area contributed by atoms with Crippen molar-refractivity contribution in [3.63, 3.8) is 0 Å². The number of thioether (sulfide) groups is 1. The average molecular weight is 483 g/mol. The van der Waals surface area contributed by atoms with Crippen molar-refractivity contribution < 1.29 is 18.8 Å². The smallest absolute Gasteiger partial charge is 0.247 e. The molecule has 178 valence electrons. The molecule has 0 aliphatic carbocycles. The van der Waals surface area contributed by atoms with Gasteiger partial charge in [0.1, 0.15) is 5.82 Å². The number of rotatable bonds is 3. The number of carbonyl (C=O) groups is 3. The first kappa shape index (κ1) is 22.7. The van der Waals surface area contributed by atoms with Crippen LogP contribution in [-0.2, 0) is 14.4 Å². The number of halogens is 1. The van der Waals surface area contributed by atoms with Crippen molar-refractivity contribution in [1.29, 1.82) is 0 Å². The van der Waals surface area contributed by atoms with Crippen LogP contribution in [0.5, 0.6) is 0 Å². The molecule has 34 heavy (non-hydrogen) atoms. The van der Waals surface area contributed by atoms with E-state index in [1.807, 2.05) is 40.1 Å². The Morgan fingerprint density at radius 3 is 2.24 bits per heavy atom. The molecule has 2 aromatic carbocycles. The van der Waals surface area contributed by atoms with Crippen LogP contribution >= 0.6 is 11.8 Å². The molecule has 0 radical (unpaired) electrons. The van der Waals surface area contributed by atoms with Crippen LogP contribution in [-0.4, -0.2) is 72.0 Å². The monoisotopic (exact) mass is 482 g/mol. The fourth-order valence-corrected chi connectivity index (χ4v) is 5.93. The first-order chi connectivity index (χ1) is 16.5. The number of para-hydroxylation sites is 2. The van der Waals surface area contributed by atoms with E-state index in [-0.39, 0.29) is 29.5 Å². The molecule has 0 bridgehead atoms. The highest BCUT2D eigenvalue weighted by atomic mass is 32.2. The molecule has 2 fully saturated rings. The highest BCUT2D eigenvalue weighted by Gasteiger charge is 2.38. The summed E-state index contributed by atoms with van der Waals surface area (Å²) in [6.07, 6.45) is 1.18. The first-order valence-electron chi connectivity index (χ1n) is 11.6. The van der Waals surface area contributed by atoms with Crippen molar-refractivity contribution in [2.45, 2.75) is 23.0 Å². The van der Waals surface area contributed by atoms with E-state index in [0.717, 1.165) is 10.6 Å². The van der Waals surface area contributed by atoms with Gasteiger partial charge in [-0.05, 0) is 37.1 Å². The number of fused-ring (bicyclic) bond motifs is 1. The Morgan fingerprint density at radius 2 is 1.50 bits per heavy atom. The van der Waals surface area contributed by atoms with Crippen LogP contribution in [0.1, 0.15) is 12.8 Å². The molecule has 3 aliphatic rings. The first-order valence-corrected chi connectivity index (χ1v) is 12.5. The minimum Gasteiger partial charge on any atom is -0.366 e. The molecule has 3 aliphatic heterocycles. The summed E-state index contributed by atoms with van der Waals surface area (Å²) < 4.78 is 14.1. The second-order valence-corrected chi connectivity index (χ2v) is 9.99. The van der Waals surface area contributed by atoms with Gasteiger partial charge in [-0.2, -0.15) is 0 Å². The number of nitrogens with zero attached hydrogens (tertiary/aromatic N) is 3. The van der Waals surface area contributed by atoms with Crippen molar-refractivity contribution in [2.75, 3.05) is 49.5 Å². The van der Waals surface area contributed by atoms with Gasteiger partial charge in [-0.15, -0.1) is 11.8 Å². The molecular formula is C25H27FN4O3S.